The van der Waals surface area contributed by atoms with Gasteiger partial charge in [-0.2, -0.15) is 0 Å². The fourth-order valence-corrected chi connectivity index (χ4v) is 3.03. The van der Waals surface area contributed by atoms with Crippen molar-refractivity contribution in [2.75, 3.05) is 17.7 Å². The lowest BCUT2D eigenvalue weighted by Crippen LogP contribution is -2.12. The zero-order valence-electron chi connectivity index (χ0n) is 16.3. The van der Waals surface area contributed by atoms with Gasteiger partial charge in [-0.05, 0) is 54.6 Å². The number of nitrogens with one attached hydrogen (secondary N) is 2. The summed E-state index contributed by atoms with van der Waals surface area (Å²) in [6, 6.07) is 15.8. The maximum Gasteiger partial charge on any atom is 0.281 e. The van der Waals surface area contributed by atoms with Crippen molar-refractivity contribution in [1.29, 1.82) is 0 Å². The molecular weight excluding hydrogens is 409 g/mol. The number of halogens is 3. The molecule has 1 amide bonds. The van der Waals surface area contributed by atoms with Crippen LogP contribution >= 0.6 is 0 Å². The van der Waals surface area contributed by atoms with Gasteiger partial charge in [-0.3, -0.25) is 9.20 Å². The molecule has 0 bridgehead atoms. The van der Waals surface area contributed by atoms with Gasteiger partial charge in [0.05, 0.1) is 7.11 Å². The summed E-state index contributed by atoms with van der Waals surface area (Å²) in [4.78, 5) is 16.2. The molecule has 4 rings (SSSR count). The minimum absolute atomic E-state index is 0.0561. The highest BCUT2D eigenvalue weighted by Crippen LogP contribution is 2.24. The number of amides is 1. The van der Waals surface area contributed by atoms with Crippen LogP contribution in [0, 0.1) is 5.82 Å². The number of hydrogen-bond donors (Lipinski definition) is 2. The predicted octanol–water partition coefficient (Wildman–Crippen LogP) is 5.42. The number of fused-ring (bicyclic) bond motifs is 1. The molecule has 0 aliphatic carbocycles. The highest BCUT2D eigenvalue weighted by molar-refractivity contribution is 6.04. The molecule has 0 unspecified atom stereocenters. The molecule has 0 spiro atoms. The van der Waals surface area contributed by atoms with Gasteiger partial charge in [0.2, 0.25) is 0 Å². The van der Waals surface area contributed by atoms with Crippen LogP contribution < -0.4 is 15.4 Å². The second-order valence-corrected chi connectivity index (χ2v) is 6.61. The highest BCUT2D eigenvalue weighted by Gasteiger charge is 2.14. The molecule has 6 nitrogen and oxygen atoms in total. The van der Waals surface area contributed by atoms with Crippen LogP contribution in [-0.4, -0.2) is 22.4 Å². The number of pyridine rings is 1. The Balaban J connectivity index is 1.48. The quantitative estimate of drug-likeness (QED) is 0.432. The second kappa shape index (κ2) is 8.39. The van der Waals surface area contributed by atoms with Crippen LogP contribution in [0.15, 0.2) is 66.9 Å². The van der Waals surface area contributed by atoms with Gasteiger partial charge < -0.3 is 15.4 Å². The number of rotatable bonds is 6. The van der Waals surface area contributed by atoms with Gasteiger partial charge in [0.1, 0.15) is 17.2 Å². The summed E-state index contributed by atoms with van der Waals surface area (Å²) in [5.74, 6) is -0.480. The molecule has 0 fully saturated rings. The van der Waals surface area contributed by atoms with E-state index in [-0.39, 0.29) is 17.0 Å². The first-order valence-electron chi connectivity index (χ1n) is 9.23. The lowest BCUT2D eigenvalue weighted by atomic mass is 10.2. The fourth-order valence-electron chi connectivity index (χ4n) is 3.03. The number of hydrogen-bond acceptors (Lipinski definition) is 4. The van der Waals surface area contributed by atoms with Gasteiger partial charge in [0.15, 0.2) is 11.6 Å². The molecule has 0 saturated heterocycles. The van der Waals surface area contributed by atoms with E-state index in [0.717, 1.165) is 6.07 Å². The number of ether oxygens (including phenoxy) is 1. The lowest BCUT2D eigenvalue weighted by Gasteiger charge is -2.11. The van der Waals surface area contributed by atoms with Crippen LogP contribution in [-0.2, 0) is 0 Å². The van der Waals surface area contributed by atoms with Crippen molar-refractivity contribution in [2.45, 2.75) is 6.43 Å². The number of benzene rings is 2. The molecule has 2 aromatic carbocycles. The molecule has 0 aliphatic rings. The summed E-state index contributed by atoms with van der Waals surface area (Å²) in [7, 11) is 1.35. The minimum atomic E-state index is -2.66. The van der Waals surface area contributed by atoms with Crippen molar-refractivity contribution >= 4 is 28.7 Å². The molecule has 9 heteroatoms. The zero-order chi connectivity index (χ0) is 22.0. The molecule has 0 atom stereocenters. The van der Waals surface area contributed by atoms with Crippen molar-refractivity contribution in [1.82, 2.24) is 9.38 Å². The molecular formula is C22H17F3N4O2. The van der Waals surface area contributed by atoms with Crippen molar-refractivity contribution in [3.05, 3.63) is 83.9 Å². The molecule has 2 N–H and O–H groups in total. The molecule has 4 aromatic rings. The van der Waals surface area contributed by atoms with Crippen molar-refractivity contribution in [3.8, 4) is 5.75 Å². The van der Waals surface area contributed by atoms with Crippen LogP contribution in [0.5, 0.6) is 5.75 Å². The lowest BCUT2D eigenvalue weighted by molar-refractivity contribution is 0.102. The number of carbonyl (C=O) groups excluding carboxylic acids is 1. The zero-order valence-corrected chi connectivity index (χ0v) is 16.3. The van der Waals surface area contributed by atoms with Crippen LogP contribution in [0.2, 0.25) is 0 Å². The monoisotopic (exact) mass is 426 g/mol. The topological polar surface area (TPSA) is 67.7 Å². The second-order valence-electron chi connectivity index (χ2n) is 6.61. The largest absolute Gasteiger partial charge is 0.494 e. The van der Waals surface area contributed by atoms with Crippen LogP contribution in [0.4, 0.5) is 30.4 Å². The van der Waals surface area contributed by atoms with Crippen molar-refractivity contribution in [3.63, 3.8) is 0 Å². The minimum Gasteiger partial charge on any atom is -0.494 e. The van der Waals surface area contributed by atoms with Crippen LogP contribution in [0.3, 0.4) is 0 Å². The summed E-state index contributed by atoms with van der Waals surface area (Å²) >= 11 is 0. The molecule has 0 aliphatic heterocycles. The summed E-state index contributed by atoms with van der Waals surface area (Å²) in [5, 5.41) is 5.82. The highest BCUT2D eigenvalue weighted by atomic mass is 19.3. The van der Waals surface area contributed by atoms with E-state index in [9.17, 15) is 18.0 Å². The first kappa shape index (κ1) is 20.3. The van der Waals surface area contributed by atoms with E-state index in [1.165, 1.54) is 29.8 Å². The molecule has 158 valence electrons. The smallest absolute Gasteiger partial charge is 0.281 e. The number of alkyl halides is 2. The van der Waals surface area contributed by atoms with Crippen molar-refractivity contribution < 1.29 is 22.7 Å². The average molecular weight is 426 g/mol. The van der Waals surface area contributed by atoms with E-state index in [0.29, 0.717) is 22.8 Å². The van der Waals surface area contributed by atoms with Crippen LogP contribution in [0.1, 0.15) is 22.5 Å². The number of nitrogens with zero attached hydrogens (tertiary/aromatic N) is 2. The van der Waals surface area contributed by atoms with Gasteiger partial charge in [-0.25, -0.2) is 18.2 Å². The Hall–Kier alpha value is -4.01. The van der Waals surface area contributed by atoms with E-state index < -0.39 is 18.1 Å². The number of aromatic nitrogens is 2. The third-order valence-electron chi connectivity index (χ3n) is 4.56. The third-order valence-corrected chi connectivity index (χ3v) is 4.56. The van der Waals surface area contributed by atoms with Gasteiger partial charge in [0, 0.05) is 23.1 Å². The Labute approximate surface area is 175 Å². The summed E-state index contributed by atoms with van der Waals surface area (Å²) in [6.07, 6.45) is -1.37. The van der Waals surface area contributed by atoms with Gasteiger partial charge in [-0.1, -0.05) is 6.07 Å². The van der Waals surface area contributed by atoms with Gasteiger partial charge in [-0.15, -0.1) is 0 Å². The molecule has 2 aromatic heterocycles. The van der Waals surface area contributed by atoms with Crippen LogP contribution in [0.25, 0.3) is 5.65 Å². The van der Waals surface area contributed by atoms with Gasteiger partial charge >= 0.3 is 0 Å². The third kappa shape index (κ3) is 4.30. The first-order valence-corrected chi connectivity index (χ1v) is 9.23. The standard InChI is InChI=1S/C22H17F3N4O2/c1-31-18-10-5-13(11-16(18)23)22(30)27-15-8-6-14(7-9-15)26-19-3-2-4-20-28-17(21(24)25)12-29(19)20/h2-12,21,26H,1H3,(H,27,30). The maximum atomic E-state index is 13.8. The van der Waals surface area contributed by atoms with E-state index in [1.807, 2.05) is 0 Å². The number of methoxy groups -OCH3 is 1. The molecule has 31 heavy (non-hydrogen) atoms. The summed E-state index contributed by atoms with van der Waals surface area (Å²) in [6.45, 7) is 0. The first-order chi connectivity index (χ1) is 14.9. The Kier molecular flexibility index (Phi) is 5.48. The normalized spacial score (nSPS) is 11.0. The molecule has 0 saturated carbocycles. The van der Waals surface area contributed by atoms with Crippen molar-refractivity contribution in [2.24, 2.45) is 0 Å². The summed E-state index contributed by atoms with van der Waals surface area (Å²) < 4.78 is 46.1. The van der Waals surface area contributed by atoms with E-state index in [4.69, 9.17) is 4.74 Å². The number of imidazole rings is 1. The predicted molar refractivity (Wildman–Crippen MR) is 111 cm³/mol. The molecule has 0 radical (unpaired) electrons. The number of carbonyl (C=O) groups is 1. The Morgan fingerprint density at radius 1 is 1.06 bits per heavy atom. The Bertz CT molecular complexity index is 1240. The van der Waals surface area contributed by atoms with E-state index >= 15 is 0 Å². The van der Waals surface area contributed by atoms with E-state index in [2.05, 4.69) is 15.6 Å². The summed E-state index contributed by atoms with van der Waals surface area (Å²) in [5.41, 5.74) is 1.43. The maximum absolute atomic E-state index is 13.8. The molecule has 2 heterocycles. The van der Waals surface area contributed by atoms with E-state index in [1.54, 1.807) is 42.5 Å². The number of anilines is 3. The Morgan fingerprint density at radius 2 is 1.81 bits per heavy atom. The average Bonchev–Trinajstić information content (AvgIpc) is 3.21. The SMILES string of the molecule is COc1ccc(C(=O)Nc2ccc(Nc3cccc4nc(C(F)F)cn34)cc2)cc1F. The van der Waals surface area contributed by atoms with Gasteiger partial charge in [0.25, 0.3) is 12.3 Å². The fraction of sp³-hybridized carbons (Fsp3) is 0.0909. The Morgan fingerprint density at radius 3 is 2.48 bits per heavy atom.